The Labute approximate surface area is 158 Å². The number of carbonyl (C=O) groups excluding carboxylic acids is 1. The van der Waals surface area contributed by atoms with E-state index in [0.29, 0.717) is 11.4 Å². The normalized spacial score (nSPS) is 15.3. The zero-order chi connectivity index (χ0) is 19.0. The van der Waals surface area contributed by atoms with Crippen molar-refractivity contribution in [2.24, 2.45) is 0 Å². The van der Waals surface area contributed by atoms with Gasteiger partial charge in [-0.1, -0.05) is 6.07 Å². The first kappa shape index (κ1) is 17.9. The summed E-state index contributed by atoms with van der Waals surface area (Å²) in [5, 5.41) is 2.83. The summed E-state index contributed by atoms with van der Waals surface area (Å²) in [5.41, 5.74) is 6.70. The van der Waals surface area contributed by atoms with Gasteiger partial charge in [0.1, 0.15) is 5.75 Å². The Morgan fingerprint density at radius 1 is 1.04 bits per heavy atom. The number of hydrogen-bond acceptors (Lipinski definition) is 5. The lowest BCUT2D eigenvalue weighted by molar-refractivity contribution is 0.256. The van der Waals surface area contributed by atoms with Gasteiger partial charge in [-0.15, -0.1) is 0 Å². The van der Waals surface area contributed by atoms with Crippen LogP contribution in [0.4, 0.5) is 10.5 Å². The molecule has 142 valence electrons. The summed E-state index contributed by atoms with van der Waals surface area (Å²) < 4.78 is 26.7. The first-order valence-corrected chi connectivity index (χ1v) is 10.8. The number of carbonyl (C=O) groups is 1. The minimum absolute atomic E-state index is 0.294. The van der Waals surface area contributed by atoms with Crippen LogP contribution in [0.3, 0.4) is 0 Å². The molecule has 0 saturated heterocycles. The predicted molar refractivity (Wildman–Crippen MR) is 102 cm³/mol. The molecule has 0 bridgehead atoms. The van der Waals surface area contributed by atoms with E-state index in [-0.39, 0.29) is 0 Å². The predicted octanol–water partition coefficient (Wildman–Crippen LogP) is 2.41. The maximum Gasteiger partial charge on any atom is 0.332 e. The lowest BCUT2D eigenvalue weighted by Gasteiger charge is -2.16. The summed E-state index contributed by atoms with van der Waals surface area (Å²) in [4.78, 5) is 20.5. The zero-order valence-corrected chi connectivity index (χ0v) is 16.0. The first-order chi connectivity index (χ1) is 12.9. The molecule has 0 unspecified atom stereocenters. The average molecular weight is 386 g/mol. The van der Waals surface area contributed by atoms with Gasteiger partial charge in [0, 0.05) is 18.1 Å². The van der Waals surface area contributed by atoms with Crippen LogP contribution in [0.2, 0.25) is 0 Å². The molecule has 2 aliphatic rings. The molecule has 1 aromatic heterocycles. The highest BCUT2D eigenvalue weighted by Crippen LogP contribution is 2.38. The number of nitrogens with zero attached hydrogens (tertiary/aromatic N) is 2. The lowest BCUT2D eigenvalue weighted by atomic mass is 9.99. The standard InChI is InChI=1S/C19H22N4O3S/c1-12-9-21-15(10-20-12)11-27(25,26)23-19(24)22-18-16-6-2-4-13(16)8-14-5-3-7-17(14)18/h8-10H,2-7,11H2,1H3,(H2,22,23,24). The van der Waals surface area contributed by atoms with E-state index >= 15 is 0 Å². The van der Waals surface area contributed by atoms with Gasteiger partial charge >= 0.3 is 6.03 Å². The highest BCUT2D eigenvalue weighted by Gasteiger charge is 2.26. The van der Waals surface area contributed by atoms with Crippen molar-refractivity contribution >= 4 is 21.7 Å². The summed E-state index contributed by atoms with van der Waals surface area (Å²) in [6.07, 6.45) is 8.92. The van der Waals surface area contributed by atoms with Crippen molar-refractivity contribution in [1.29, 1.82) is 0 Å². The van der Waals surface area contributed by atoms with Crippen molar-refractivity contribution < 1.29 is 13.2 Å². The van der Waals surface area contributed by atoms with Gasteiger partial charge in [-0.25, -0.2) is 17.9 Å². The third kappa shape index (κ3) is 3.80. The van der Waals surface area contributed by atoms with Crippen LogP contribution >= 0.6 is 0 Å². The Balaban J connectivity index is 1.51. The van der Waals surface area contributed by atoms with Gasteiger partial charge in [-0.05, 0) is 67.7 Å². The smallest absolute Gasteiger partial charge is 0.307 e. The summed E-state index contributed by atoms with van der Waals surface area (Å²) in [7, 11) is -3.86. The molecule has 2 aromatic rings. The molecule has 0 spiro atoms. The van der Waals surface area contributed by atoms with Crippen molar-refractivity contribution in [2.75, 3.05) is 5.32 Å². The fourth-order valence-electron chi connectivity index (χ4n) is 3.97. The minimum Gasteiger partial charge on any atom is -0.307 e. The van der Waals surface area contributed by atoms with Gasteiger partial charge in [-0.3, -0.25) is 9.97 Å². The molecule has 0 radical (unpaired) electrons. The van der Waals surface area contributed by atoms with Crippen LogP contribution in [0.1, 0.15) is 46.5 Å². The number of rotatable bonds is 4. The second kappa shape index (κ2) is 6.92. The third-order valence-electron chi connectivity index (χ3n) is 5.13. The molecule has 1 heterocycles. The Morgan fingerprint density at radius 2 is 1.70 bits per heavy atom. The van der Waals surface area contributed by atoms with E-state index < -0.39 is 21.8 Å². The van der Waals surface area contributed by atoms with E-state index in [1.807, 2.05) is 0 Å². The average Bonchev–Trinajstić information content (AvgIpc) is 3.25. The van der Waals surface area contributed by atoms with Crippen LogP contribution in [0.15, 0.2) is 18.5 Å². The van der Waals surface area contributed by atoms with Crippen molar-refractivity contribution in [3.63, 3.8) is 0 Å². The third-order valence-corrected chi connectivity index (χ3v) is 6.30. The number of amides is 2. The molecule has 0 atom stereocenters. The zero-order valence-electron chi connectivity index (χ0n) is 15.2. The molecule has 0 fully saturated rings. The van der Waals surface area contributed by atoms with E-state index in [9.17, 15) is 13.2 Å². The van der Waals surface area contributed by atoms with E-state index in [1.54, 1.807) is 6.92 Å². The van der Waals surface area contributed by atoms with Crippen LogP contribution in [-0.4, -0.2) is 24.4 Å². The summed E-state index contributed by atoms with van der Waals surface area (Å²) >= 11 is 0. The fourth-order valence-corrected chi connectivity index (χ4v) is 4.92. The number of anilines is 1. The molecule has 0 saturated carbocycles. The van der Waals surface area contributed by atoms with E-state index in [2.05, 4.69) is 26.1 Å². The highest BCUT2D eigenvalue weighted by molar-refractivity contribution is 7.89. The Kier molecular flexibility index (Phi) is 4.59. The van der Waals surface area contributed by atoms with Gasteiger partial charge in [-0.2, -0.15) is 0 Å². The summed E-state index contributed by atoms with van der Waals surface area (Å²) in [6.45, 7) is 1.77. The summed E-state index contributed by atoms with van der Waals surface area (Å²) in [6, 6.07) is 1.55. The fraction of sp³-hybridized carbons (Fsp3) is 0.421. The topological polar surface area (TPSA) is 101 Å². The van der Waals surface area contributed by atoms with Gasteiger partial charge < -0.3 is 5.32 Å². The Hall–Kier alpha value is -2.48. The van der Waals surface area contributed by atoms with Gasteiger partial charge in [0.05, 0.1) is 11.4 Å². The number of fused-ring (bicyclic) bond motifs is 2. The largest absolute Gasteiger partial charge is 0.332 e. The number of benzene rings is 1. The number of aryl methyl sites for hydroxylation is 3. The second-order valence-electron chi connectivity index (χ2n) is 7.20. The van der Waals surface area contributed by atoms with Crippen molar-refractivity contribution in [3.8, 4) is 0 Å². The molecule has 2 N–H and O–H groups in total. The maximum absolute atomic E-state index is 12.4. The highest BCUT2D eigenvalue weighted by atomic mass is 32.2. The first-order valence-electron chi connectivity index (χ1n) is 9.17. The molecule has 2 amide bonds. The monoisotopic (exact) mass is 386 g/mol. The molecule has 27 heavy (non-hydrogen) atoms. The van der Waals surface area contributed by atoms with E-state index in [4.69, 9.17) is 0 Å². The lowest BCUT2D eigenvalue weighted by Crippen LogP contribution is -2.35. The maximum atomic E-state index is 12.4. The molecular weight excluding hydrogens is 364 g/mol. The minimum atomic E-state index is -3.86. The van der Waals surface area contributed by atoms with Gasteiger partial charge in [0.25, 0.3) is 0 Å². The molecule has 7 nitrogen and oxygen atoms in total. The number of hydrogen-bond donors (Lipinski definition) is 2. The van der Waals surface area contributed by atoms with E-state index in [0.717, 1.165) is 55.3 Å². The molecule has 8 heteroatoms. The molecule has 0 aliphatic heterocycles. The number of nitrogens with one attached hydrogen (secondary N) is 2. The number of urea groups is 1. The van der Waals surface area contributed by atoms with Crippen LogP contribution in [0, 0.1) is 6.92 Å². The van der Waals surface area contributed by atoms with Crippen LogP contribution < -0.4 is 10.0 Å². The van der Waals surface area contributed by atoms with Gasteiger partial charge in [0.15, 0.2) is 0 Å². The van der Waals surface area contributed by atoms with Crippen molar-refractivity contribution in [3.05, 3.63) is 52.1 Å². The molecular formula is C19H22N4O3S. The van der Waals surface area contributed by atoms with Crippen LogP contribution in [0.25, 0.3) is 0 Å². The number of sulfonamides is 1. The van der Waals surface area contributed by atoms with Crippen LogP contribution in [-0.2, 0) is 41.5 Å². The SMILES string of the molecule is Cc1cnc(CS(=O)(=O)NC(=O)Nc2c3c(cc4c2CCC4)CCC3)cn1. The Bertz CT molecular complexity index is 968. The van der Waals surface area contributed by atoms with E-state index in [1.165, 1.54) is 23.5 Å². The van der Waals surface area contributed by atoms with Crippen molar-refractivity contribution in [2.45, 2.75) is 51.2 Å². The Morgan fingerprint density at radius 3 is 2.30 bits per heavy atom. The molecule has 2 aliphatic carbocycles. The van der Waals surface area contributed by atoms with Gasteiger partial charge in [0.2, 0.25) is 10.0 Å². The second-order valence-corrected chi connectivity index (χ2v) is 8.92. The molecule has 4 rings (SSSR count). The number of aromatic nitrogens is 2. The summed E-state index contributed by atoms with van der Waals surface area (Å²) in [5.74, 6) is -0.390. The molecule has 1 aromatic carbocycles. The van der Waals surface area contributed by atoms with Crippen LogP contribution in [0.5, 0.6) is 0 Å². The quantitative estimate of drug-likeness (QED) is 0.840. The van der Waals surface area contributed by atoms with Crippen molar-refractivity contribution in [1.82, 2.24) is 14.7 Å².